The van der Waals surface area contributed by atoms with Gasteiger partial charge < -0.3 is 29.3 Å². The Kier molecular flexibility index (Phi) is 11.9. The van der Waals surface area contributed by atoms with E-state index in [-0.39, 0.29) is 13.0 Å². The van der Waals surface area contributed by atoms with E-state index >= 15 is 0 Å². The molecule has 194 valence electrons. The average molecular weight is 521 g/mol. The monoisotopic (exact) mass is 521 g/mol. The third kappa shape index (κ3) is 12.3. The lowest BCUT2D eigenvalue weighted by Crippen LogP contribution is -2.56. The molecule has 0 aromatic carbocycles. The van der Waals surface area contributed by atoms with Crippen LogP contribution >= 0.6 is 7.82 Å². The molecule has 0 bridgehead atoms. The molecule has 16 heteroatoms. The number of hydrogen-bond donors (Lipinski definition) is 3. The first-order valence-corrected chi connectivity index (χ1v) is 12.9. The highest BCUT2D eigenvalue weighted by molar-refractivity contribution is 7.86. The Morgan fingerprint density at radius 3 is 2.06 bits per heavy atom. The highest BCUT2D eigenvalue weighted by Crippen LogP contribution is 2.50. The number of nitrogens with one attached hydrogen (secondary N) is 1. The minimum absolute atomic E-state index is 0.0337. The van der Waals surface area contributed by atoms with Gasteiger partial charge in [-0.05, 0) is 20.3 Å². The Balaban J connectivity index is 5.61. The summed E-state index contributed by atoms with van der Waals surface area (Å²) in [6, 6.07) is 0. The van der Waals surface area contributed by atoms with E-state index in [1.165, 1.54) is 27.7 Å². The van der Waals surface area contributed by atoms with Crippen molar-refractivity contribution in [1.29, 1.82) is 0 Å². The summed E-state index contributed by atoms with van der Waals surface area (Å²) < 4.78 is 60.3. The van der Waals surface area contributed by atoms with Gasteiger partial charge in [-0.25, -0.2) is 22.9 Å². The highest BCUT2D eigenvalue weighted by atomic mass is 32.2. The molecule has 0 aromatic heterocycles. The summed E-state index contributed by atoms with van der Waals surface area (Å²) in [7, 11) is -10.1. The van der Waals surface area contributed by atoms with Crippen LogP contribution in [0.5, 0.6) is 0 Å². The van der Waals surface area contributed by atoms with Crippen LogP contribution in [-0.2, 0) is 47.2 Å². The summed E-state index contributed by atoms with van der Waals surface area (Å²) >= 11 is 0. The van der Waals surface area contributed by atoms with Crippen LogP contribution in [0.1, 0.15) is 48.0 Å². The Hall–Kier alpha value is -1.77. The van der Waals surface area contributed by atoms with Crippen molar-refractivity contribution < 1.29 is 60.1 Å². The second kappa shape index (κ2) is 12.6. The van der Waals surface area contributed by atoms with Gasteiger partial charge in [-0.3, -0.25) is 4.79 Å². The first-order chi connectivity index (χ1) is 14.8. The molecule has 0 fully saturated rings. The number of carbonyl (C=O) groups excluding carboxylic acids is 3. The second-order valence-electron chi connectivity index (χ2n) is 8.03. The average Bonchev–Trinajstić information content (AvgIpc) is 2.58. The zero-order valence-corrected chi connectivity index (χ0v) is 21.1. The van der Waals surface area contributed by atoms with Crippen molar-refractivity contribution in [2.75, 3.05) is 25.5 Å². The molecule has 1 amide bonds. The molecule has 0 aliphatic carbocycles. The predicted molar refractivity (Wildman–Crippen MR) is 112 cm³/mol. The molecular formula is C17H32NO13PS. The van der Waals surface area contributed by atoms with Crippen molar-refractivity contribution in [3.05, 3.63) is 0 Å². The van der Waals surface area contributed by atoms with Crippen molar-refractivity contribution >= 4 is 36.0 Å². The molecule has 0 aliphatic rings. The van der Waals surface area contributed by atoms with E-state index in [0.717, 1.165) is 0 Å². The summed E-state index contributed by atoms with van der Waals surface area (Å²) in [6.45, 7) is 6.91. The minimum atomic E-state index is -5.49. The lowest BCUT2D eigenvalue weighted by molar-refractivity contribution is -0.223. The molecule has 0 spiro atoms. The quantitative estimate of drug-likeness (QED) is 0.101. The molecule has 0 radical (unpaired) electrons. The fraction of sp³-hybridized carbons (Fsp3) is 0.824. The van der Waals surface area contributed by atoms with Gasteiger partial charge in [0.25, 0.3) is 15.9 Å². The van der Waals surface area contributed by atoms with Crippen LogP contribution in [0.2, 0.25) is 0 Å². The fourth-order valence-electron chi connectivity index (χ4n) is 2.14. The minimum Gasteiger partial charge on any atom is -0.458 e. The smallest absolute Gasteiger partial charge is 0.458 e. The largest absolute Gasteiger partial charge is 0.508 e. The van der Waals surface area contributed by atoms with Gasteiger partial charge in [0.15, 0.2) is 0 Å². The topological polar surface area (TPSA) is 201 Å². The van der Waals surface area contributed by atoms with Gasteiger partial charge in [0.05, 0.1) is 11.9 Å². The fourth-order valence-corrected chi connectivity index (χ4v) is 4.20. The zero-order valence-electron chi connectivity index (χ0n) is 19.4. The van der Waals surface area contributed by atoms with Crippen LogP contribution in [0.3, 0.4) is 0 Å². The van der Waals surface area contributed by atoms with E-state index in [4.69, 9.17) is 13.7 Å². The molecule has 1 atom stereocenters. The van der Waals surface area contributed by atoms with Crippen LogP contribution < -0.4 is 5.32 Å². The number of amides is 1. The lowest BCUT2D eigenvalue weighted by atomic mass is 9.85. The van der Waals surface area contributed by atoms with Gasteiger partial charge in [0, 0.05) is 18.9 Å². The Morgan fingerprint density at radius 2 is 1.61 bits per heavy atom. The number of rotatable bonds is 13. The van der Waals surface area contributed by atoms with Crippen LogP contribution in [0.25, 0.3) is 0 Å². The van der Waals surface area contributed by atoms with Gasteiger partial charge >= 0.3 is 19.9 Å². The molecule has 14 nitrogen and oxygen atoms in total. The van der Waals surface area contributed by atoms with Gasteiger partial charge in [0.1, 0.15) is 13.2 Å². The molecule has 0 heterocycles. The first-order valence-electron chi connectivity index (χ1n) is 9.76. The SMILES string of the molecule is CC(=O)NCCCS(=O)(=O)O[C@@](OP(=O)(O)O)(C(=O)OCCOC(=O)OC(C)C)C(C)(C)C. The van der Waals surface area contributed by atoms with Crippen LogP contribution in [-0.4, -0.2) is 73.6 Å². The van der Waals surface area contributed by atoms with Crippen LogP contribution in [0, 0.1) is 5.41 Å². The number of esters is 1. The Morgan fingerprint density at radius 1 is 1.06 bits per heavy atom. The van der Waals surface area contributed by atoms with Gasteiger partial charge in [-0.15, -0.1) is 0 Å². The third-order valence-electron chi connectivity index (χ3n) is 3.56. The van der Waals surface area contributed by atoms with Gasteiger partial charge in [0.2, 0.25) is 5.91 Å². The number of ether oxygens (including phenoxy) is 3. The molecular weight excluding hydrogens is 489 g/mol. The maximum atomic E-state index is 12.8. The van der Waals surface area contributed by atoms with Crippen molar-refractivity contribution in [1.82, 2.24) is 5.32 Å². The van der Waals surface area contributed by atoms with Gasteiger partial charge in [-0.1, -0.05) is 20.8 Å². The predicted octanol–water partition coefficient (Wildman–Crippen LogP) is 0.815. The van der Waals surface area contributed by atoms with Crippen molar-refractivity contribution in [2.45, 2.75) is 59.9 Å². The van der Waals surface area contributed by atoms with Gasteiger partial charge in [-0.2, -0.15) is 8.42 Å². The zero-order chi connectivity index (χ0) is 26.1. The van der Waals surface area contributed by atoms with Crippen LogP contribution in [0.4, 0.5) is 4.79 Å². The summed E-state index contributed by atoms with van der Waals surface area (Å²) in [5.74, 6) is -5.78. The summed E-state index contributed by atoms with van der Waals surface area (Å²) in [5, 5.41) is 2.37. The van der Waals surface area contributed by atoms with E-state index in [0.29, 0.717) is 0 Å². The van der Waals surface area contributed by atoms with Crippen molar-refractivity contribution in [3.8, 4) is 0 Å². The molecule has 0 saturated heterocycles. The summed E-state index contributed by atoms with van der Waals surface area (Å²) in [5.41, 5.74) is -1.67. The molecule has 0 aliphatic heterocycles. The lowest BCUT2D eigenvalue weighted by Gasteiger charge is -2.39. The second-order valence-corrected chi connectivity index (χ2v) is 10.9. The van der Waals surface area contributed by atoms with E-state index in [1.54, 1.807) is 13.8 Å². The number of carbonyl (C=O) groups is 3. The molecule has 0 rings (SSSR count). The number of phosphoric ester groups is 1. The number of phosphoric acid groups is 1. The van der Waals surface area contributed by atoms with Crippen molar-refractivity contribution in [3.63, 3.8) is 0 Å². The number of hydrogen-bond acceptors (Lipinski definition) is 11. The molecule has 3 N–H and O–H groups in total. The Bertz CT molecular complexity index is 830. The molecule has 0 saturated carbocycles. The standard InChI is InChI=1S/C17H32NO13PS/c1-12(2)29-15(21)28-10-9-27-14(20)17(16(4,5)6,30-32(22,23)24)31-33(25,26)11-7-8-18-13(3)19/h12H,7-11H2,1-6H3,(H,18,19)(H2,22,23,24)/t17-/m0/s1. The summed E-state index contributed by atoms with van der Waals surface area (Å²) in [6.07, 6.45) is -1.64. The normalized spacial score (nSPS) is 14.3. The highest BCUT2D eigenvalue weighted by Gasteiger charge is 2.59. The third-order valence-corrected chi connectivity index (χ3v) is 5.33. The van der Waals surface area contributed by atoms with Crippen LogP contribution in [0.15, 0.2) is 0 Å². The van der Waals surface area contributed by atoms with Crippen molar-refractivity contribution in [2.24, 2.45) is 5.41 Å². The van der Waals surface area contributed by atoms with E-state index in [2.05, 4.69) is 14.6 Å². The maximum Gasteiger partial charge on any atom is 0.508 e. The molecule has 0 aromatic rings. The van der Waals surface area contributed by atoms with E-state index in [1.807, 2.05) is 0 Å². The Labute approximate surface area is 192 Å². The van der Waals surface area contributed by atoms with E-state index < -0.39 is 72.2 Å². The molecule has 33 heavy (non-hydrogen) atoms. The molecule has 0 unspecified atom stereocenters. The maximum absolute atomic E-state index is 12.8. The first kappa shape index (κ1) is 31.2. The van der Waals surface area contributed by atoms with E-state index in [9.17, 15) is 37.2 Å². The summed E-state index contributed by atoms with van der Waals surface area (Å²) in [4.78, 5) is 53.7.